The smallest absolute Gasteiger partial charge is 0.168 e. The molecule has 0 heterocycles. The summed E-state index contributed by atoms with van der Waals surface area (Å²) in [7, 11) is 0. The van der Waals surface area contributed by atoms with Gasteiger partial charge in [0.15, 0.2) is 5.11 Å². The first-order valence-corrected chi connectivity index (χ1v) is 7.08. The molecule has 92 valence electrons. The topological polar surface area (TPSA) is 15.3 Å². The second-order valence-electron chi connectivity index (χ2n) is 5.87. The van der Waals surface area contributed by atoms with Crippen molar-refractivity contribution in [3.63, 3.8) is 0 Å². The summed E-state index contributed by atoms with van der Waals surface area (Å²) < 4.78 is 0. The van der Waals surface area contributed by atoms with Crippen LogP contribution in [0, 0.1) is 17.8 Å². The second-order valence-corrected chi connectivity index (χ2v) is 6.26. The van der Waals surface area contributed by atoms with Gasteiger partial charge in [0.05, 0.1) is 0 Å². The van der Waals surface area contributed by atoms with Gasteiger partial charge in [0, 0.05) is 19.6 Å². The highest BCUT2D eigenvalue weighted by Gasteiger charge is 2.30. The lowest BCUT2D eigenvalue weighted by Gasteiger charge is -2.26. The SMILES string of the molecule is CC(C)CNC(=S)N(CC1CC1)CC1CC1. The van der Waals surface area contributed by atoms with Crippen LogP contribution in [-0.4, -0.2) is 29.6 Å². The van der Waals surface area contributed by atoms with E-state index in [1.54, 1.807) is 0 Å². The van der Waals surface area contributed by atoms with Crippen molar-refractivity contribution >= 4 is 17.3 Å². The number of hydrogen-bond acceptors (Lipinski definition) is 1. The van der Waals surface area contributed by atoms with Gasteiger partial charge in [0.2, 0.25) is 0 Å². The Morgan fingerprint density at radius 2 is 1.69 bits per heavy atom. The van der Waals surface area contributed by atoms with Crippen molar-refractivity contribution in [2.75, 3.05) is 19.6 Å². The number of rotatable bonds is 6. The van der Waals surface area contributed by atoms with Crippen molar-refractivity contribution in [1.82, 2.24) is 10.2 Å². The van der Waals surface area contributed by atoms with Crippen LogP contribution in [0.5, 0.6) is 0 Å². The molecule has 0 bridgehead atoms. The van der Waals surface area contributed by atoms with E-state index in [0.29, 0.717) is 5.92 Å². The summed E-state index contributed by atoms with van der Waals surface area (Å²) in [5.41, 5.74) is 0. The fraction of sp³-hybridized carbons (Fsp3) is 0.923. The largest absolute Gasteiger partial charge is 0.362 e. The lowest BCUT2D eigenvalue weighted by molar-refractivity contribution is 0.374. The first kappa shape index (κ1) is 12.2. The molecule has 0 aliphatic heterocycles. The predicted octanol–water partition coefficient (Wildman–Crippen LogP) is 2.64. The highest BCUT2D eigenvalue weighted by atomic mass is 32.1. The van der Waals surface area contributed by atoms with Gasteiger partial charge < -0.3 is 10.2 Å². The molecule has 16 heavy (non-hydrogen) atoms. The molecule has 2 fully saturated rings. The van der Waals surface area contributed by atoms with E-state index in [0.717, 1.165) is 23.5 Å². The molecule has 2 nitrogen and oxygen atoms in total. The van der Waals surface area contributed by atoms with Gasteiger partial charge in [0.1, 0.15) is 0 Å². The summed E-state index contributed by atoms with van der Waals surface area (Å²) >= 11 is 5.50. The molecule has 0 amide bonds. The van der Waals surface area contributed by atoms with Crippen molar-refractivity contribution in [2.24, 2.45) is 17.8 Å². The van der Waals surface area contributed by atoms with Crippen LogP contribution in [0.25, 0.3) is 0 Å². The fourth-order valence-corrected chi connectivity index (χ4v) is 2.10. The number of nitrogens with zero attached hydrogens (tertiary/aromatic N) is 1. The molecule has 3 heteroatoms. The van der Waals surface area contributed by atoms with Crippen LogP contribution in [-0.2, 0) is 0 Å². The molecule has 0 atom stereocenters. The minimum atomic E-state index is 0.668. The molecule has 2 rings (SSSR count). The number of nitrogens with one attached hydrogen (secondary N) is 1. The summed E-state index contributed by atoms with van der Waals surface area (Å²) in [6.45, 7) is 7.84. The Bertz CT molecular complexity index is 230. The highest BCUT2D eigenvalue weighted by molar-refractivity contribution is 7.80. The minimum absolute atomic E-state index is 0.668. The van der Waals surface area contributed by atoms with Crippen molar-refractivity contribution in [2.45, 2.75) is 39.5 Å². The summed E-state index contributed by atoms with van der Waals surface area (Å²) in [6, 6.07) is 0. The third-order valence-corrected chi connectivity index (χ3v) is 3.70. The molecule has 0 aromatic rings. The summed E-state index contributed by atoms with van der Waals surface area (Å²) in [6.07, 6.45) is 5.64. The van der Waals surface area contributed by atoms with Crippen molar-refractivity contribution in [1.29, 1.82) is 0 Å². The van der Waals surface area contributed by atoms with Crippen LogP contribution in [0.4, 0.5) is 0 Å². The quantitative estimate of drug-likeness (QED) is 0.719. The molecular formula is C13H24N2S. The average Bonchev–Trinajstić information content (AvgIpc) is 3.06. The Labute approximate surface area is 105 Å². The predicted molar refractivity (Wildman–Crippen MR) is 72.5 cm³/mol. The maximum atomic E-state index is 5.50. The van der Waals surface area contributed by atoms with Crippen LogP contribution in [0.15, 0.2) is 0 Å². The molecule has 1 N–H and O–H groups in total. The molecule has 2 saturated carbocycles. The molecule has 2 aliphatic carbocycles. The van der Waals surface area contributed by atoms with Crippen LogP contribution in [0.3, 0.4) is 0 Å². The summed E-state index contributed by atoms with van der Waals surface area (Å²) in [5, 5.41) is 4.40. The maximum Gasteiger partial charge on any atom is 0.168 e. The first-order chi connectivity index (χ1) is 7.65. The molecule has 0 aromatic carbocycles. The van der Waals surface area contributed by atoms with E-state index in [4.69, 9.17) is 12.2 Å². The van der Waals surface area contributed by atoms with Gasteiger partial charge in [0.25, 0.3) is 0 Å². The van der Waals surface area contributed by atoms with Crippen molar-refractivity contribution in [3.05, 3.63) is 0 Å². The van der Waals surface area contributed by atoms with E-state index >= 15 is 0 Å². The Morgan fingerprint density at radius 3 is 2.06 bits per heavy atom. The van der Waals surface area contributed by atoms with Crippen LogP contribution in [0.2, 0.25) is 0 Å². The Morgan fingerprint density at radius 1 is 1.19 bits per heavy atom. The van der Waals surface area contributed by atoms with Crippen molar-refractivity contribution < 1.29 is 0 Å². The van der Waals surface area contributed by atoms with Gasteiger partial charge >= 0.3 is 0 Å². The zero-order chi connectivity index (χ0) is 11.5. The van der Waals surface area contributed by atoms with Crippen LogP contribution in [0.1, 0.15) is 39.5 Å². The monoisotopic (exact) mass is 240 g/mol. The molecule has 0 aromatic heterocycles. The van der Waals surface area contributed by atoms with Crippen molar-refractivity contribution in [3.8, 4) is 0 Å². The lowest BCUT2D eigenvalue weighted by atomic mass is 10.2. The van der Waals surface area contributed by atoms with Gasteiger partial charge in [-0.2, -0.15) is 0 Å². The fourth-order valence-electron chi connectivity index (χ4n) is 1.87. The third-order valence-electron chi connectivity index (χ3n) is 3.30. The van der Waals surface area contributed by atoms with Gasteiger partial charge in [-0.1, -0.05) is 13.8 Å². The molecule has 0 radical (unpaired) electrons. The second kappa shape index (κ2) is 5.35. The Balaban J connectivity index is 1.75. The molecule has 2 aliphatic rings. The molecular weight excluding hydrogens is 216 g/mol. The molecule has 0 spiro atoms. The van der Waals surface area contributed by atoms with Gasteiger partial charge in [-0.05, 0) is 55.7 Å². The zero-order valence-corrected chi connectivity index (χ0v) is 11.4. The first-order valence-electron chi connectivity index (χ1n) is 6.68. The van der Waals surface area contributed by atoms with E-state index in [1.807, 2.05) is 0 Å². The normalized spacial score (nSPS) is 19.9. The zero-order valence-electron chi connectivity index (χ0n) is 10.5. The Kier molecular flexibility index (Phi) is 4.06. The van der Waals surface area contributed by atoms with E-state index in [-0.39, 0.29) is 0 Å². The number of hydrogen-bond donors (Lipinski definition) is 1. The van der Waals surface area contributed by atoms with Gasteiger partial charge in [-0.25, -0.2) is 0 Å². The summed E-state index contributed by atoms with van der Waals surface area (Å²) in [4.78, 5) is 2.42. The minimum Gasteiger partial charge on any atom is -0.362 e. The standard InChI is InChI=1S/C13H24N2S/c1-10(2)7-14-13(16)15(8-11-3-4-11)9-12-5-6-12/h10-12H,3-9H2,1-2H3,(H,14,16). The van der Waals surface area contributed by atoms with Crippen LogP contribution >= 0.6 is 12.2 Å². The molecule has 0 saturated heterocycles. The van der Waals surface area contributed by atoms with Gasteiger partial charge in [-0.15, -0.1) is 0 Å². The van der Waals surface area contributed by atoms with E-state index in [1.165, 1.54) is 38.8 Å². The average molecular weight is 240 g/mol. The number of thiocarbonyl (C=S) groups is 1. The summed E-state index contributed by atoms with van der Waals surface area (Å²) in [5.74, 6) is 2.52. The van der Waals surface area contributed by atoms with E-state index < -0.39 is 0 Å². The lowest BCUT2D eigenvalue weighted by Crippen LogP contribution is -2.43. The maximum absolute atomic E-state index is 5.50. The molecule has 0 unspecified atom stereocenters. The Hall–Kier alpha value is -0.310. The van der Waals surface area contributed by atoms with E-state index in [9.17, 15) is 0 Å². The van der Waals surface area contributed by atoms with E-state index in [2.05, 4.69) is 24.1 Å². The highest BCUT2D eigenvalue weighted by Crippen LogP contribution is 2.33. The third kappa shape index (κ3) is 4.28. The van der Waals surface area contributed by atoms with Crippen LogP contribution < -0.4 is 5.32 Å². The van der Waals surface area contributed by atoms with Gasteiger partial charge in [-0.3, -0.25) is 0 Å².